The van der Waals surface area contributed by atoms with E-state index in [1.165, 1.54) is 0 Å². The van der Waals surface area contributed by atoms with Gasteiger partial charge in [0, 0.05) is 41.2 Å². The number of hydrogen-bond acceptors (Lipinski definition) is 5. The molecule has 1 aromatic carbocycles. The summed E-state index contributed by atoms with van der Waals surface area (Å²) in [7, 11) is 0. The van der Waals surface area contributed by atoms with Gasteiger partial charge in [-0.15, -0.1) is 0 Å². The van der Waals surface area contributed by atoms with Crippen molar-refractivity contribution in [3.63, 3.8) is 0 Å². The number of rotatable bonds is 6. The fraction of sp³-hybridized carbons (Fsp3) is 0.385. The van der Waals surface area contributed by atoms with Crippen LogP contribution in [0.5, 0.6) is 0 Å². The minimum atomic E-state index is -3.11. The summed E-state index contributed by atoms with van der Waals surface area (Å²) in [6, 6.07) is 6.38. The number of aromatic nitrogens is 3. The molecule has 0 radical (unpaired) electrons. The Morgan fingerprint density at radius 2 is 2.03 bits per heavy atom. The third kappa shape index (κ3) is 5.29. The maximum atomic E-state index is 14.0. The van der Waals surface area contributed by atoms with Gasteiger partial charge in [0.25, 0.3) is 5.92 Å². The first kappa shape index (κ1) is 25.1. The molecule has 3 N–H and O–H groups in total. The normalized spacial score (nSPS) is 23.1. The Balaban J connectivity index is 1.26. The molecule has 2 amide bonds. The van der Waals surface area contributed by atoms with Crippen LogP contribution in [0.15, 0.2) is 49.3 Å². The van der Waals surface area contributed by atoms with Gasteiger partial charge in [0.2, 0.25) is 17.8 Å². The lowest BCUT2D eigenvalue weighted by Crippen LogP contribution is -2.50. The predicted molar refractivity (Wildman–Crippen MR) is 137 cm³/mol. The first-order chi connectivity index (χ1) is 17.7. The molecule has 3 heterocycles. The van der Waals surface area contributed by atoms with E-state index in [9.17, 15) is 18.4 Å². The maximum absolute atomic E-state index is 14.0. The molecule has 2 aliphatic rings. The summed E-state index contributed by atoms with van der Waals surface area (Å²) >= 11 is 6.44. The van der Waals surface area contributed by atoms with Crippen molar-refractivity contribution >= 4 is 40.3 Å². The quantitative estimate of drug-likeness (QED) is 0.408. The monoisotopic (exact) mass is 528 g/mol. The first-order valence-corrected chi connectivity index (χ1v) is 12.6. The van der Waals surface area contributed by atoms with Gasteiger partial charge in [-0.3, -0.25) is 9.59 Å². The van der Waals surface area contributed by atoms with Gasteiger partial charge in [0.05, 0.1) is 23.5 Å². The average Bonchev–Trinajstić information content (AvgIpc) is 3.45. The van der Waals surface area contributed by atoms with E-state index in [1.807, 2.05) is 30.5 Å². The molecule has 1 saturated heterocycles. The summed E-state index contributed by atoms with van der Waals surface area (Å²) in [5.41, 5.74) is 2.44. The van der Waals surface area contributed by atoms with E-state index in [0.29, 0.717) is 29.5 Å². The van der Waals surface area contributed by atoms with Crippen LogP contribution in [0.25, 0.3) is 22.2 Å². The Bertz CT molecular complexity index is 1350. The van der Waals surface area contributed by atoms with Crippen molar-refractivity contribution in [3.05, 3.63) is 54.3 Å². The second-order valence-corrected chi connectivity index (χ2v) is 10.0. The second kappa shape index (κ2) is 10.1. The Morgan fingerprint density at radius 1 is 1.24 bits per heavy atom. The summed E-state index contributed by atoms with van der Waals surface area (Å²) in [5.74, 6) is -3.93. The molecule has 0 spiro atoms. The van der Waals surface area contributed by atoms with Crippen molar-refractivity contribution in [2.75, 3.05) is 11.9 Å². The molecule has 8 nitrogen and oxygen atoms in total. The van der Waals surface area contributed by atoms with Gasteiger partial charge in [0.1, 0.15) is 6.04 Å². The van der Waals surface area contributed by atoms with Gasteiger partial charge in [-0.1, -0.05) is 36.4 Å². The number of halogens is 3. The van der Waals surface area contributed by atoms with Crippen LogP contribution in [0.2, 0.25) is 5.02 Å². The van der Waals surface area contributed by atoms with E-state index >= 15 is 0 Å². The lowest BCUT2D eigenvalue weighted by atomic mass is 9.90. The molecule has 2 fully saturated rings. The largest absolute Gasteiger partial charge is 0.360 e. The van der Waals surface area contributed by atoms with Gasteiger partial charge in [-0.05, 0) is 37.8 Å². The number of amides is 2. The molecule has 1 saturated carbocycles. The third-order valence-corrected chi connectivity index (χ3v) is 7.25. The minimum Gasteiger partial charge on any atom is -0.360 e. The lowest BCUT2D eigenvalue weighted by molar-refractivity contribution is -0.135. The zero-order chi connectivity index (χ0) is 26.2. The fourth-order valence-corrected chi connectivity index (χ4v) is 5.42. The maximum Gasteiger partial charge on any atom is 0.267 e. The highest BCUT2D eigenvalue weighted by molar-refractivity contribution is 6.33. The Labute approximate surface area is 217 Å². The number of carbonyl (C=O) groups excluding carboxylic acids is 2. The summed E-state index contributed by atoms with van der Waals surface area (Å²) < 4.78 is 28.0. The van der Waals surface area contributed by atoms with Crippen molar-refractivity contribution in [2.45, 2.75) is 56.2 Å². The summed E-state index contributed by atoms with van der Waals surface area (Å²) in [5, 5.41) is 7.64. The zero-order valence-corrected chi connectivity index (χ0v) is 20.8. The van der Waals surface area contributed by atoms with Crippen LogP contribution >= 0.6 is 11.6 Å². The van der Waals surface area contributed by atoms with Crippen LogP contribution in [0.1, 0.15) is 32.1 Å². The van der Waals surface area contributed by atoms with E-state index in [1.54, 1.807) is 6.20 Å². The van der Waals surface area contributed by atoms with Crippen LogP contribution < -0.4 is 10.6 Å². The Kier molecular flexibility index (Phi) is 6.85. The summed E-state index contributed by atoms with van der Waals surface area (Å²) in [6.07, 6.45) is 6.62. The van der Waals surface area contributed by atoms with Crippen LogP contribution in [-0.2, 0) is 9.59 Å². The molecule has 1 unspecified atom stereocenters. The molecule has 3 aromatic rings. The number of anilines is 1. The molecule has 11 heteroatoms. The van der Waals surface area contributed by atoms with Crippen LogP contribution in [0.4, 0.5) is 14.7 Å². The van der Waals surface area contributed by atoms with Gasteiger partial charge >= 0.3 is 0 Å². The highest BCUT2D eigenvalue weighted by Gasteiger charge is 2.49. The molecule has 194 valence electrons. The van der Waals surface area contributed by atoms with E-state index in [4.69, 9.17) is 11.6 Å². The van der Waals surface area contributed by atoms with Gasteiger partial charge in [-0.25, -0.2) is 18.7 Å². The number of nitrogens with one attached hydrogen (secondary N) is 3. The highest BCUT2D eigenvalue weighted by atomic mass is 35.5. The van der Waals surface area contributed by atoms with Crippen molar-refractivity contribution in [3.8, 4) is 11.3 Å². The number of benzene rings is 1. The third-order valence-electron chi connectivity index (χ3n) is 6.97. The molecule has 1 aliphatic heterocycles. The summed E-state index contributed by atoms with van der Waals surface area (Å²) in [6.45, 7) is 2.58. The number of nitrogens with zero attached hydrogens (tertiary/aromatic N) is 3. The Morgan fingerprint density at radius 3 is 2.84 bits per heavy atom. The highest BCUT2D eigenvalue weighted by Crippen LogP contribution is 2.34. The number of aromatic amines is 1. The summed E-state index contributed by atoms with van der Waals surface area (Å²) in [4.78, 5) is 38.0. The van der Waals surface area contributed by atoms with Crippen LogP contribution in [0.3, 0.4) is 0 Å². The SMILES string of the molecule is C=CC(=O)N1CC(F)(F)CC1C(=O)N[C@H]1CCC[C@@H](Nc2ncc(Cl)c(-c3c[nH]c4ccccc34)n2)C1. The molecule has 5 rings (SSSR count). The second-order valence-electron chi connectivity index (χ2n) is 9.60. The smallest absolute Gasteiger partial charge is 0.267 e. The van der Waals surface area contributed by atoms with E-state index in [0.717, 1.165) is 40.3 Å². The zero-order valence-electron chi connectivity index (χ0n) is 20.0. The number of likely N-dealkylation sites (tertiary alicyclic amines) is 1. The topological polar surface area (TPSA) is 103 Å². The molecule has 2 aromatic heterocycles. The molecule has 0 bridgehead atoms. The van der Waals surface area contributed by atoms with Crippen molar-refractivity contribution in [1.29, 1.82) is 0 Å². The van der Waals surface area contributed by atoms with E-state index in [2.05, 4.69) is 32.2 Å². The standard InChI is InChI=1S/C26H27ClF2N6O2/c1-2-22(36)35-14-26(28,29)11-21(35)24(37)32-15-6-5-7-16(10-15)33-25-31-13-19(27)23(34-25)18-12-30-20-9-4-3-8-17(18)20/h2-4,8-9,12-13,15-16,21,30H,1,5-7,10-11,14H2,(H,32,37)(H,31,33,34)/t15-,16+,21?/m0/s1. The number of alkyl halides is 2. The van der Waals surface area contributed by atoms with Crippen molar-refractivity contribution < 1.29 is 18.4 Å². The van der Waals surface area contributed by atoms with Crippen LogP contribution in [-0.4, -0.2) is 62.3 Å². The van der Waals surface area contributed by atoms with Crippen LogP contribution in [0, 0.1) is 0 Å². The number of hydrogen-bond donors (Lipinski definition) is 3. The molecular formula is C26H27ClF2N6O2. The number of fused-ring (bicyclic) bond motifs is 1. The molecule has 37 heavy (non-hydrogen) atoms. The Hall–Kier alpha value is -3.53. The predicted octanol–water partition coefficient (Wildman–Crippen LogP) is 4.54. The van der Waals surface area contributed by atoms with E-state index < -0.39 is 36.7 Å². The first-order valence-electron chi connectivity index (χ1n) is 12.2. The van der Waals surface area contributed by atoms with E-state index in [-0.39, 0.29) is 12.1 Å². The number of para-hydroxylation sites is 1. The van der Waals surface area contributed by atoms with Gasteiger partial charge < -0.3 is 20.5 Å². The number of carbonyl (C=O) groups is 2. The molecule has 3 atom stereocenters. The van der Waals surface area contributed by atoms with Gasteiger partial charge in [-0.2, -0.15) is 0 Å². The van der Waals surface area contributed by atoms with Gasteiger partial charge in [0.15, 0.2) is 0 Å². The van der Waals surface area contributed by atoms with Crippen molar-refractivity contribution in [2.24, 2.45) is 0 Å². The number of H-pyrrole nitrogens is 1. The lowest BCUT2D eigenvalue weighted by Gasteiger charge is -2.32. The fourth-order valence-electron chi connectivity index (χ4n) is 5.22. The van der Waals surface area contributed by atoms with Crippen molar-refractivity contribution in [1.82, 2.24) is 25.2 Å². The average molecular weight is 529 g/mol. The minimum absolute atomic E-state index is 0.0352. The molecular weight excluding hydrogens is 502 g/mol. The molecule has 1 aliphatic carbocycles.